The van der Waals surface area contributed by atoms with Gasteiger partial charge in [0.1, 0.15) is 0 Å². The Morgan fingerprint density at radius 3 is 0.214 bits per heavy atom. The maximum atomic E-state index is 0. The SMILES string of the molecule is O.O.O.O.O.O.O.O.[Fe].[Na+].[Na+].[Na+].[Na+].[Na+]. The van der Waals surface area contributed by atoms with Crippen molar-refractivity contribution in [3.05, 3.63) is 0 Å². The van der Waals surface area contributed by atoms with Gasteiger partial charge in [-0.05, 0) is 0 Å². The smallest absolute Gasteiger partial charge is 0.412 e. The molecule has 0 radical (unpaired) electrons. The van der Waals surface area contributed by atoms with Gasteiger partial charge in [0.25, 0.3) is 0 Å². The second kappa shape index (κ2) is 199. The molecule has 14 heteroatoms. The van der Waals surface area contributed by atoms with Crippen molar-refractivity contribution in [1.82, 2.24) is 0 Å². The first-order valence-electron chi connectivity index (χ1n) is 0. The van der Waals surface area contributed by atoms with E-state index >= 15 is 0 Å². The van der Waals surface area contributed by atoms with E-state index in [0.717, 1.165) is 0 Å². The van der Waals surface area contributed by atoms with Crippen molar-refractivity contribution in [2.75, 3.05) is 0 Å². The normalized spacial score (nSPS) is 0. The molecular formula is H16FeNa5O8+5. The first-order valence-corrected chi connectivity index (χ1v) is 0. The summed E-state index contributed by atoms with van der Waals surface area (Å²) in [5.74, 6) is 0. The van der Waals surface area contributed by atoms with Crippen LogP contribution in [0.5, 0.6) is 0 Å². The van der Waals surface area contributed by atoms with Crippen molar-refractivity contribution in [1.29, 1.82) is 0 Å². The summed E-state index contributed by atoms with van der Waals surface area (Å²) in [4.78, 5) is 0. The Bertz CT molecular complexity index is 17.7. The minimum absolute atomic E-state index is 0. The van der Waals surface area contributed by atoms with Gasteiger partial charge in [-0.1, -0.05) is 0 Å². The van der Waals surface area contributed by atoms with E-state index in [-0.39, 0.29) is 209 Å². The maximum absolute atomic E-state index is 0. The zero-order chi connectivity index (χ0) is 0. The van der Waals surface area contributed by atoms with E-state index in [9.17, 15) is 0 Å². The van der Waals surface area contributed by atoms with E-state index in [1.54, 1.807) is 0 Å². The Morgan fingerprint density at radius 1 is 0.214 bits per heavy atom. The molecule has 0 unspecified atom stereocenters. The standard InChI is InChI=1S/Fe.5Na.8H2O/h;;;;;;8*1H2/q;5*+1;;;;;;;;. The predicted molar refractivity (Wildman–Crippen MR) is 28.9 cm³/mol. The summed E-state index contributed by atoms with van der Waals surface area (Å²) < 4.78 is 0. The van der Waals surface area contributed by atoms with Gasteiger partial charge >= 0.3 is 148 Å². The molecule has 0 saturated heterocycles. The third kappa shape index (κ3) is 167. The van der Waals surface area contributed by atoms with Crippen LogP contribution in [0.15, 0.2) is 0 Å². The zero-order valence-electron chi connectivity index (χ0n) is 9.35. The van der Waals surface area contributed by atoms with E-state index in [1.165, 1.54) is 0 Å². The molecule has 0 aromatic heterocycles. The van der Waals surface area contributed by atoms with Crippen LogP contribution in [0.2, 0.25) is 0 Å². The minimum atomic E-state index is 0. The Hall–Kier alpha value is 5.20. The molecule has 0 rings (SSSR count). The predicted octanol–water partition coefficient (Wildman–Crippen LogP) is -21.6. The second-order valence-corrected chi connectivity index (χ2v) is 0. The fraction of sp³-hybridized carbons (Fsp3) is 0. The van der Waals surface area contributed by atoms with E-state index in [2.05, 4.69) is 0 Å². The summed E-state index contributed by atoms with van der Waals surface area (Å²) >= 11 is 0. The molecule has 8 nitrogen and oxygen atoms in total. The van der Waals surface area contributed by atoms with E-state index in [0.29, 0.717) is 0 Å². The van der Waals surface area contributed by atoms with Gasteiger partial charge in [0, 0.05) is 17.1 Å². The van der Waals surface area contributed by atoms with Gasteiger partial charge in [-0.3, -0.25) is 0 Å². The molecular weight excluding hydrogens is 299 g/mol. The summed E-state index contributed by atoms with van der Waals surface area (Å²) in [6, 6.07) is 0. The molecule has 0 aromatic rings. The molecule has 0 atom stereocenters. The Kier molecular flexibility index (Phi) is 3350. The molecule has 0 amide bonds. The molecule has 14 heavy (non-hydrogen) atoms. The average molecular weight is 315 g/mol. The first-order chi connectivity index (χ1) is 0. The molecule has 0 heterocycles. The van der Waals surface area contributed by atoms with Crippen LogP contribution in [0, 0.1) is 0 Å². The molecule has 0 aliphatic rings. The van der Waals surface area contributed by atoms with Crippen LogP contribution in [0.4, 0.5) is 0 Å². The third-order valence-corrected chi connectivity index (χ3v) is 0. The Morgan fingerprint density at radius 2 is 0.214 bits per heavy atom. The largest absolute Gasteiger partial charge is 1.00 e. The van der Waals surface area contributed by atoms with Gasteiger partial charge in [0.05, 0.1) is 0 Å². The van der Waals surface area contributed by atoms with Crippen molar-refractivity contribution in [2.45, 2.75) is 0 Å². The molecule has 0 spiro atoms. The summed E-state index contributed by atoms with van der Waals surface area (Å²) in [6.45, 7) is 0. The van der Waals surface area contributed by atoms with E-state index < -0.39 is 0 Å². The van der Waals surface area contributed by atoms with Gasteiger partial charge in [0.15, 0.2) is 0 Å². The van der Waals surface area contributed by atoms with Crippen LogP contribution in [-0.2, 0) is 17.1 Å². The van der Waals surface area contributed by atoms with Crippen molar-refractivity contribution >= 4 is 0 Å². The second-order valence-electron chi connectivity index (χ2n) is 0. The summed E-state index contributed by atoms with van der Waals surface area (Å²) in [5, 5.41) is 0. The molecule has 72 valence electrons. The monoisotopic (exact) mass is 315 g/mol. The van der Waals surface area contributed by atoms with E-state index in [4.69, 9.17) is 0 Å². The van der Waals surface area contributed by atoms with E-state index in [1.807, 2.05) is 0 Å². The fourth-order valence-corrected chi connectivity index (χ4v) is 0. The minimum Gasteiger partial charge on any atom is -0.412 e. The third-order valence-electron chi connectivity index (χ3n) is 0. The van der Waals surface area contributed by atoms with Gasteiger partial charge < -0.3 is 43.8 Å². The number of hydrogen-bond acceptors (Lipinski definition) is 0. The van der Waals surface area contributed by atoms with Crippen LogP contribution < -0.4 is 148 Å². The fourth-order valence-electron chi connectivity index (χ4n) is 0. The van der Waals surface area contributed by atoms with Crippen LogP contribution in [0.25, 0.3) is 0 Å². The average Bonchev–Trinajstić information content (AvgIpc) is 0. The van der Waals surface area contributed by atoms with Gasteiger partial charge in [-0.25, -0.2) is 0 Å². The Labute approximate surface area is 204 Å². The van der Waals surface area contributed by atoms with Crippen molar-refractivity contribution in [2.24, 2.45) is 0 Å². The van der Waals surface area contributed by atoms with Crippen molar-refractivity contribution in [3.8, 4) is 0 Å². The summed E-state index contributed by atoms with van der Waals surface area (Å²) in [7, 11) is 0. The number of rotatable bonds is 0. The molecule has 0 bridgehead atoms. The van der Waals surface area contributed by atoms with Crippen molar-refractivity contribution in [3.63, 3.8) is 0 Å². The molecule has 0 aliphatic heterocycles. The zero-order valence-corrected chi connectivity index (χ0v) is 20.5. The quantitative estimate of drug-likeness (QED) is 0.377. The topological polar surface area (TPSA) is 252 Å². The van der Waals surface area contributed by atoms with Gasteiger partial charge in [0.2, 0.25) is 0 Å². The Balaban J connectivity index is 0. The maximum Gasteiger partial charge on any atom is 1.00 e. The van der Waals surface area contributed by atoms with Crippen LogP contribution in [0.1, 0.15) is 0 Å². The van der Waals surface area contributed by atoms with Gasteiger partial charge in [-0.2, -0.15) is 0 Å². The summed E-state index contributed by atoms with van der Waals surface area (Å²) in [5.41, 5.74) is 0. The molecule has 16 N–H and O–H groups in total. The molecule has 0 aliphatic carbocycles. The van der Waals surface area contributed by atoms with Crippen molar-refractivity contribution < 1.29 is 209 Å². The number of hydrogen-bond donors (Lipinski definition) is 0. The summed E-state index contributed by atoms with van der Waals surface area (Å²) in [6.07, 6.45) is 0. The molecule has 0 fully saturated rings. The van der Waals surface area contributed by atoms with Crippen LogP contribution >= 0.6 is 0 Å². The van der Waals surface area contributed by atoms with Crippen LogP contribution in [-0.4, -0.2) is 43.8 Å². The molecule has 0 saturated carbocycles. The first kappa shape index (κ1) is 235. The van der Waals surface area contributed by atoms with Gasteiger partial charge in [-0.15, -0.1) is 0 Å². The van der Waals surface area contributed by atoms with Crippen LogP contribution in [0.3, 0.4) is 0 Å². The molecule has 0 aromatic carbocycles.